The van der Waals surface area contributed by atoms with Gasteiger partial charge < -0.3 is 19.5 Å². The molecule has 4 rings (SSSR count). The number of benzene rings is 1. The van der Waals surface area contributed by atoms with Crippen LogP contribution in [-0.2, 0) is 20.7 Å². The second-order valence-corrected chi connectivity index (χ2v) is 8.65. The van der Waals surface area contributed by atoms with Crippen LogP contribution in [0, 0.1) is 11.8 Å². The van der Waals surface area contributed by atoms with E-state index in [0.29, 0.717) is 13.2 Å². The van der Waals surface area contributed by atoms with Crippen molar-refractivity contribution in [3.05, 3.63) is 36.0 Å². The number of aryl methyl sites for hydroxylation is 1. The quantitative estimate of drug-likeness (QED) is 0.780. The first-order valence-electron chi connectivity index (χ1n) is 11.1. The standard InChI is InChI=1S/C24H32N2O4/c1-16-3-5-18(6-4-16)24(27)26-19-14-29-23(30-15-19)10-7-17-11-12-25-22-9-8-20(28-2)13-21(17)22/h8-9,11-13,16,18-19,23H,3-7,10,14-15H2,1-2H3,(H,26,27). The van der Waals surface area contributed by atoms with Gasteiger partial charge in [-0.2, -0.15) is 0 Å². The second-order valence-electron chi connectivity index (χ2n) is 8.65. The molecule has 2 fully saturated rings. The fraction of sp³-hybridized carbons (Fsp3) is 0.583. The number of nitrogens with zero attached hydrogens (tertiary/aromatic N) is 1. The van der Waals surface area contributed by atoms with E-state index in [4.69, 9.17) is 14.2 Å². The van der Waals surface area contributed by atoms with Crippen LogP contribution in [0.1, 0.15) is 44.6 Å². The maximum atomic E-state index is 12.5. The highest BCUT2D eigenvalue weighted by molar-refractivity contribution is 5.83. The first-order valence-corrected chi connectivity index (χ1v) is 11.1. The van der Waals surface area contributed by atoms with Crippen molar-refractivity contribution < 1.29 is 19.0 Å². The van der Waals surface area contributed by atoms with Gasteiger partial charge in [-0.15, -0.1) is 0 Å². The molecule has 1 aliphatic heterocycles. The molecular formula is C24H32N2O4. The number of hydrogen-bond donors (Lipinski definition) is 1. The largest absolute Gasteiger partial charge is 0.497 e. The van der Waals surface area contributed by atoms with Gasteiger partial charge in [0.1, 0.15) is 5.75 Å². The molecule has 162 valence electrons. The summed E-state index contributed by atoms with van der Waals surface area (Å²) in [6.07, 6.45) is 7.46. The zero-order chi connectivity index (χ0) is 20.9. The molecular weight excluding hydrogens is 380 g/mol. The summed E-state index contributed by atoms with van der Waals surface area (Å²) in [7, 11) is 1.67. The number of nitrogens with one attached hydrogen (secondary N) is 1. The monoisotopic (exact) mass is 412 g/mol. The Hall–Kier alpha value is -2.18. The molecule has 1 amide bonds. The van der Waals surface area contributed by atoms with Crippen LogP contribution in [0.4, 0.5) is 0 Å². The van der Waals surface area contributed by atoms with Gasteiger partial charge in [-0.1, -0.05) is 6.92 Å². The Morgan fingerprint density at radius 2 is 1.93 bits per heavy atom. The minimum Gasteiger partial charge on any atom is -0.497 e. The fourth-order valence-corrected chi connectivity index (χ4v) is 4.44. The highest BCUT2D eigenvalue weighted by Gasteiger charge is 2.28. The second kappa shape index (κ2) is 9.75. The summed E-state index contributed by atoms with van der Waals surface area (Å²) in [4.78, 5) is 16.9. The molecule has 0 unspecified atom stereocenters. The molecule has 0 radical (unpaired) electrons. The highest BCUT2D eigenvalue weighted by Crippen LogP contribution is 2.28. The number of carbonyl (C=O) groups excluding carboxylic acids is 1. The third kappa shape index (κ3) is 5.10. The lowest BCUT2D eigenvalue weighted by atomic mass is 9.82. The SMILES string of the molecule is COc1ccc2nccc(CCC3OCC(NC(=O)C4CCC(C)CC4)CO3)c2c1. The van der Waals surface area contributed by atoms with Gasteiger partial charge in [0.15, 0.2) is 6.29 Å². The summed E-state index contributed by atoms with van der Waals surface area (Å²) < 4.78 is 17.1. The lowest BCUT2D eigenvalue weighted by Gasteiger charge is -2.32. The Kier molecular flexibility index (Phi) is 6.85. The molecule has 1 saturated heterocycles. The van der Waals surface area contributed by atoms with Crippen molar-refractivity contribution in [1.82, 2.24) is 10.3 Å². The van der Waals surface area contributed by atoms with Crippen LogP contribution in [0.15, 0.2) is 30.5 Å². The van der Waals surface area contributed by atoms with Gasteiger partial charge in [-0.25, -0.2) is 0 Å². The maximum Gasteiger partial charge on any atom is 0.223 e. The summed E-state index contributed by atoms with van der Waals surface area (Å²) in [5.41, 5.74) is 2.16. The molecule has 2 heterocycles. The first-order chi connectivity index (χ1) is 14.6. The van der Waals surface area contributed by atoms with Gasteiger partial charge in [-0.3, -0.25) is 9.78 Å². The molecule has 6 nitrogen and oxygen atoms in total. The fourth-order valence-electron chi connectivity index (χ4n) is 4.44. The summed E-state index contributed by atoms with van der Waals surface area (Å²) in [6, 6.07) is 7.91. The van der Waals surface area contributed by atoms with Crippen molar-refractivity contribution >= 4 is 16.8 Å². The van der Waals surface area contributed by atoms with Crippen molar-refractivity contribution in [3.63, 3.8) is 0 Å². The Balaban J connectivity index is 1.25. The Bertz CT molecular complexity index is 855. The normalized spacial score (nSPS) is 27.0. The number of methoxy groups -OCH3 is 1. The first kappa shape index (κ1) is 21.1. The van der Waals surface area contributed by atoms with Crippen LogP contribution in [0.3, 0.4) is 0 Å². The van der Waals surface area contributed by atoms with E-state index in [-0.39, 0.29) is 24.2 Å². The number of rotatable bonds is 6. The molecule has 30 heavy (non-hydrogen) atoms. The zero-order valence-electron chi connectivity index (χ0n) is 17.9. The van der Waals surface area contributed by atoms with E-state index in [1.165, 1.54) is 5.56 Å². The molecule has 0 atom stereocenters. The Labute approximate surface area is 178 Å². The summed E-state index contributed by atoms with van der Waals surface area (Å²) in [5, 5.41) is 4.22. The number of amides is 1. The van der Waals surface area contributed by atoms with E-state index in [2.05, 4.69) is 17.2 Å². The average molecular weight is 413 g/mol. The molecule has 1 aromatic carbocycles. The Morgan fingerprint density at radius 3 is 2.67 bits per heavy atom. The molecule has 6 heteroatoms. The summed E-state index contributed by atoms with van der Waals surface area (Å²) >= 11 is 0. The minimum absolute atomic E-state index is 0.0564. The van der Waals surface area contributed by atoms with E-state index in [1.807, 2.05) is 30.5 Å². The number of hydrogen-bond acceptors (Lipinski definition) is 5. The maximum absolute atomic E-state index is 12.5. The van der Waals surface area contributed by atoms with E-state index >= 15 is 0 Å². The predicted molar refractivity (Wildman–Crippen MR) is 115 cm³/mol. The van der Waals surface area contributed by atoms with E-state index < -0.39 is 0 Å². The van der Waals surface area contributed by atoms with Crippen molar-refractivity contribution in [3.8, 4) is 5.75 Å². The van der Waals surface area contributed by atoms with E-state index in [9.17, 15) is 4.79 Å². The molecule has 2 aliphatic rings. The van der Waals surface area contributed by atoms with Gasteiger partial charge in [0.2, 0.25) is 5.91 Å². The zero-order valence-corrected chi connectivity index (χ0v) is 17.9. The van der Waals surface area contributed by atoms with Crippen LogP contribution in [0.25, 0.3) is 10.9 Å². The number of aromatic nitrogens is 1. The molecule has 1 aromatic heterocycles. The number of fused-ring (bicyclic) bond motifs is 1. The van der Waals surface area contributed by atoms with Crippen LogP contribution >= 0.6 is 0 Å². The topological polar surface area (TPSA) is 69.7 Å². The summed E-state index contributed by atoms with van der Waals surface area (Å²) in [6.45, 7) is 3.28. The van der Waals surface area contributed by atoms with E-state index in [1.54, 1.807) is 7.11 Å². The van der Waals surface area contributed by atoms with Crippen LogP contribution in [-0.4, -0.2) is 43.5 Å². The third-order valence-corrected chi connectivity index (χ3v) is 6.39. The minimum atomic E-state index is -0.248. The highest BCUT2D eigenvalue weighted by atomic mass is 16.7. The molecule has 1 N–H and O–H groups in total. The smallest absolute Gasteiger partial charge is 0.223 e. The summed E-state index contributed by atoms with van der Waals surface area (Å²) in [5.74, 6) is 1.88. The molecule has 2 aromatic rings. The molecule has 1 saturated carbocycles. The van der Waals surface area contributed by atoms with Crippen LogP contribution in [0.5, 0.6) is 5.75 Å². The van der Waals surface area contributed by atoms with Gasteiger partial charge in [0.05, 0.1) is 31.9 Å². The third-order valence-electron chi connectivity index (χ3n) is 6.39. The molecule has 0 bridgehead atoms. The number of ether oxygens (including phenoxy) is 3. The lowest BCUT2D eigenvalue weighted by molar-refractivity contribution is -0.193. The van der Waals surface area contributed by atoms with Crippen molar-refractivity contribution in [2.75, 3.05) is 20.3 Å². The van der Waals surface area contributed by atoms with Crippen molar-refractivity contribution in [2.24, 2.45) is 11.8 Å². The number of pyridine rings is 1. The van der Waals surface area contributed by atoms with Crippen molar-refractivity contribution in [2.45, 2.75) is 57.8 Å². The lowest BCUT2D eigenvalue weighted by Crippen LogP contribution is -2.49. The van der Waals surface area contributed by atoms with Gasteiger partial charge in [0.25, 0.3) is 0 Å². The van der Waals surface area contributed by atoms with E-state index in [0.717, 1.165) is 61.1 Å². The van der Waals surface area contributed by atoms with Crippen molar-refractivity contribution in [1.29, 1.82) is 0 Å². The van der Waals surface area contributed by atoms with Gasteiger partial charge >= 0.3 is 0 Å². The molecule has 1 aliphatic carbocycles. The van der Waals surface area contributed by atoms with Gasteiger partial charge in [0, 0.05) is 23.9 Å². The average Bonchev–Trinajstić information content (AvgIpc) is 2.78. The Morgan fingerprint density at radius 1 is 1.17 bits per heavy atom. The van der Waals surface area contributed by atoms with Gasteiger partial charge in [-0.05, 0) is 67.9 Å². The molecule has 0 spiro atoms. The van der Waals surface area contributed by atoms with Crippen LogP contribution in [0.2, 0.25) is 0 Å². The predicted octanol–water partition coefficient (Wildman–Crippen LogP) is 3.86. The number of carbonyl (C=O) groups is 1. The van der Waals surface area contributed by atoms with Crippen LogP contribution < -0.4 is 10.1 Å².